The van der Waals surface area contributed by atoms with E-state index in [0.29, 0.717) is 0 Å². The zero-order valence-corrected chi connectivity index (χ0v) is 7.96. The van der Waals surface area contributed by atoms with Gasteiger partial charge in [-0.25, -0.2) is 0 Å². The molecule has 1 heterocycles. The van der Waals surface area contributed by atoms with Gasteiger partial charge in [0.1, 0.15) is 0 Å². The van der Waals surface area contributed by atoms with E-state index in [1.165, 1.54) is 18.5 Å². The molecule has 80 valence electrons. The van der Waals surface area contributed by atoms with Crippen molar-refractivity contribution < 1.29 is 9.85 Å². The first-order valence-electron chi connectivity index (χ1n) is 3.85. The lowest BCUT2D eigenvalue weighted by atomic mass is 10.3. The Morgan fingerprint density at radius 3 is 2.20 bits per heavy atom. The monoisotopic (exact) mass is 213 g/mol. The molecule has 0 saturated carbocycles. The van der Waals surface area contributed by atoms with Gasteiger partial charge in [0, 0.05) is 7.05 Å². The van der Waals surface area contributed by atoms with Crippen molar-refractivity contribution in [1.29, 1.82) is 0 Å². The molecule has 15 heavy (non-hydrogen) atoms. The van der Waals surface area contributed by atoms with Crippen LogP contribution < -0.4 is 5.43 Å². The molecule has 8 heteroatoms. The van der Waals surface area contributed by atoms with Crippen LogP contribution in [0.3, 0.4) is 0 Å². The van der Waals surface area contributed by atoms with Gasteiger partial charge in [0.25, 0.3) is 0 Å². The van der Waals surface area contributed by atoms with E-state index in [9.17, 15) is 25.0 Å². The zero-order chi connectivity index (χ0) is 11.7. The van der Waals surface area contributed by atoms with Gasteiger partial charge in [-0.2, -0.15) is 0 Å². The van der Waals surface area contributed by atoms with Crippen molar-refractivity contribution in [3.63, 3.8) is 0 Å². The molecule has 0 fully saturated rings. The van der Waals surface area contributed by atoms with Crippen LogP contribution in [0, 0.1) is 27.2 Å². The smallest absolute Gasteiger partial charge is 0.342 e. The molecule has 0 saturated heterocycles. The van der Waals surface area contributed by atoms with Crippen LogP contribution in [0.2, 0.25) is 0 Å². The van der Waals surface area contributed by atoms with Crippen LogP contribution in [0.25, 0.3) is 0 Å². The van der Waals surface area contributed by atoms with Gasteiger partial charge in [0.2, 0.25) is 0 Å². The van der Waals surface area contributed by atoms with E-state index in [4.69, 9.17) is 0 Å². The number of aryl methyl sites for hydroxylation is 1. The van der Waals surface area contributed by atoms with Crippen LogP contribution in [-0.4, -0.2) is 14.4 Å². The first-order valence-corrected chi connectivity index (χ1v) is 3.85. The van der Waals surface area contributed by atoms with Gasteiger partial charge < -0.3 is 4.57 Å². The summed E-state index contributed by atoms with van der Waals surface area (Å²) in [6, 6.07) is 0. The summed E-state index contributed by atoms with van der Waals surface area (Å²) >= 11 is 0. The molecule has 8 nitrogen and oxygen atoms in total. The zero-order valence-electron chi connectivity index (χ0n) is 7.96. The summed E-state index contributed by atoms with van der Waals surface area (Å²) < 4.78 is 1.18. The Morgan fingerprint density at radius 1 is 1.27 bits per heavy atom. The van der Waals surface area contributed by atoms with Gasteiger partial charge >= 0.3 is 16.8 Å². The molecule has 0 aliphatic heterocycles. The minimum absolute atomic E-state index is 0.0793. The summed E-state index contributed by atoms with van der Waals surface area (Å²) in [7, 11) is 1.40. The number of pyridine rings is 1. The fraction of sp³-hybridized carbons (Fsp3) is 0.286. The minimum Gasteiger partial charge on any atom is -0.343 e. The van der Waals surface area contributed by atoms with E-state index < -0.39 is 26.7 Å². The first-order chi connectivity index (χ1) is 6.86. The van der Waals surface area contributed by atoms with Crippen molar-refractivity contribution in [3.05, 3.63) is 42.3 Å². The molecule has 0 aliphatic rings. The van der Waals surface area contributed by atoms with Crippen molar-refractivity contribution in [2.75, 3.05) is 0 Å². The highest BCUT2D eigenvalue weighted by Crippen LogP contribution is 2.16. The van der Waals surface area contributed by atoms with Crippen molar-refractivity contribution in [2.24, 2.45) is 7.05 Å². The third kappa shape index (κ3) is 1.68. The van der Waals surface area contributed by atoms with Crippen molar-refractivity contribution in [2.45, 2.75) is 6.92 Å². The third-order valence-electron chi connectivity index (χ3n) is 2.01. The topological polar surface area (TPSA) is 108 Å². The molecule has 0 atom stereocenters. The molecule has 0 aliphatic carbocycles. The average Bonchev–Trinajstić information content (AvgIpc) is 2.10. The molecule has 1 aromatic rings. The lowest BCUT2D eigenvalue weighted by molar-refractivity contribution is -0.397. The molecule has 1 rings (SSSR count). The Morgan fingerprint density at radius 2 is 1.80 bits per heavy atom. The van der Waals surface area contributed by atoms with E-state index >= 15 is 0 Å². The number of hydrogen-bond donors (Lipinski definition) is 0. The van der Waals surface area contributed by atoms with Crippen LogP contribution >= 0.6 is 0 Å². The predicted molar refractivity (Wildman–Crippen MR) is 49.7 cm³/mol. The Kier molecular flexibility index (Phi) is 2.51. The van der Waals surface area contributed by atoms with E-state index in [1.54, 1.807) is 0 Å². The van der Waals surface area contributed by atoms with Gasteiger partial charge in [0.15, 0.2) is 0 Å². The van der Waals surface area contributed by atoms with Gasteiger partial charge in [-0.1, -0.05) is 0 Å². The Bertz CT molecular complexity index is 504. The maximum atomic E-state index is 11.3. The average molecular weight is 213 g/mol. The Labute approximate surface area is 83.1 Å². The van der Waals surface area contributed by atoms with Crippen LogP contribution in [0.1, 0.15) is 5.69 Å². The summed E-state index contributed by atoms with van der Waals surface area (Å²) in [5, 5.41) is 21.0. The molecule has 0 N–H and O–H groups in total. The number of nitrogens with zero attached hydrogens (tertiary/aromatic N) is 3. The Balaban J connectivity index is 3.72. The van der Waals surface area contributed by atoms with Gasteiger partial charge in [-0.15, -0.1) is 0 Å². The van der Waals surface area contributed by atoms with E-state index in [2.05, 4.69) is 0 Å². The van der Waals surface area contributed by atoms with E-state index in [1.807, 2.05) is 0 Å². The fourth-order valence-corrected chi connectivity index (χ4v) is 1.14. The van der Waals surface area contributed by atoms with Crippen LogP contribution in [-0.2, 0) is 7.05 Å². The molecule has 1 aromatic heterocycles. The lowest BCUT2D eigenvalue weighted by Crippen LogP contribution is -2.18. The van der Waals surface area contributed by atoms with Gasteiger partial charge in [-0.3, -0.25) is 25.0 Å². The van der Waals surface area contributed by atoms with Crippen molar-refractivity contribution in [1.82, 2.24) is 4.57 Å². The quantitative estimate of drug-likeness (QED) is 0.525. The largest absolute Gasteiger partial charge is 0.343 e. The summed E-state index contributed by atoms with van der Waals surface area (Å²) in [6.07, 6.45) is 0.963. The van der Waals surface area contributed by atoms with E-state index in [0.717, 1.165) is 6.20 Å². The maximum Gasteiger partial charge on any atom is 0.342 e. The molecule has 0 bridgehead atoms. The number of aromatic nitrogens is 1. The molecular weight excluding hydrogens is 206 g/mol. The highest BCUT2D eigenvalue weighted by molar-refractivity contribution is 5.44. The Hall–Kier alpha value is -2.25. The molecule has 0 spiro atoms. The second-order valence-corrected chi connectivity index (χ2v) is 2.90. The lowest BCUT2D eigenvalue weighted by Gasteiger charge is -2.03. The minimum atomic E-state index is -1.17. The third-order valence-corrected chi connectivity index (χ3v) is 2.01. The molecule has 0 radical (unpaired) electrons. The van der Waals surface area contributed by atoms with Gasteiger partial charge in [-0.05, 0) is 6.92 Å². The molecule has 0 amide bonds. The number of hydrogen-bond acceptors (Lipinski definition) is 5. The SMILES string of the molecule is Cc1c([N+](=O)[O-])c(=O)c([N+](=O)[O-])cn1C. The summed E-state index contributed by atoms with van der Waals surface area (Å²) in [6.45, 7) is 1.35. The van der Waals surface area contributed by atoms with E-state index in [-0.39, 0.29) is 5.69 Å². The standard InChI is InChI=1S/C7H7N3O5/c1-4-6(10(14)15)7(11)5(9(12)13)3-8(4)2/h3H,1-2H3. The van der Waals surface area contributed by atoms with Gasteiger partial charge in [0.05, 0.1) is 21.7 Å². The maximum absolute atomic E-state index is 11.3. The highest BCUT2D eigenvalue weighted by atomic mass is 16.6. The summed E-state index contributed by atoms with van der Waals surface area (Å²) in [4.78, 5) is 30.4. The van der Waals surface area contributed by atoms with Crippen LogP contribution in [0.4, 0.5) is 11.4 Å². The second kappa shape index (κ2) is 3.48. The summed E-state index contributed by atoms with van der Waals surface area (Å²) in [5.41, 5.74) is -2.64. The number of nitro groups is 2. The molecule has 0 unspecified atom stereocenters. The van der Waals surface area contributed by atoms with Crippen molar-refractivity contribution >= 4 is 11.4 Å². The van der Waals surface area contributed by atoms with Crippen molar-refractivity contribution in [3.8, 4) is 0 Å². The second-order valence-electron chi connectivity index (χ2n) is 2.90. The predicted octanol–water partition coefficient (Wildman–Crippen LogP) is 0.510. The summed E-state index contributed by atoms with van der Waals surface area (Å²) in [5.74, 6) is 0. The normalized spacial score (nSPS) is 10.0. The highest BCUT2D eigenvalue weighted by Gasteiger charge is 2.27. The molecule has 0 aromatic carbocycles. The first kappa shape index (κ1) is 10.8. The fourth-order valence-electron chi connectivity index (χ4n) is 1.14. The number of rotatable bonds is 2. The van der Waals surface area contributed by atoms with Crippen LogP contribution in [0.15, 0.2) is 11.0 Å². The van der Waals surface area contributed by atoms with Crippen LogP contribution in [0.5, 0.6) is 0 Å². The molecular formula is C7H7N3O5.